The molecule has 9 heteroatoms. The molecule has 0 amide bonds. The van der Waals surface area contributed by atoms with E-state index >= 15 is 0 Å². The van der Waals surface area contributed by atoms with Crippen LogP contribution >= 0.6 is 65.5 Å². The van der Waals surface area contributed by atoms with Crippen molar-refractivity contribution in [2.75, 3.05) is 0 Å². The van der Waals surface area contributed by atoms with E-state index < -0.39 is 15.8 Å². The van der Waals surface area contributed by atoms with Gasteiger partial charge < -0.3 is 9.59 Å². The van der Waals surface area contributed by atoms with Gasteiger partial charge in [0, 0.05) is 0 Å². The van der Waals surface area contributed by atoms with Crippen LogP contribution in [0.2, 0.25) is 0 Å². The summed E-state index contributed by atoms with van der Waals surface area (Å²) < 4.78 is 0. The molecule has 6 rings (SSSR count). The van der Waals surface area contributed by atoms with Gasteiger partial charge in [-0.25, -0.2) is 0 Å². The number of hydrogen-bond donors (Lipinski definition) is 0. The molecule has 0 unspecified atom stereocenters. The third-order valence-electron chi connectivity index (χ3n) is 6.37. The second-order valence-electron chi connectivity index (χ2n) is 8.95. The molecule has 0 heterocycles. The van der Waals surface area contributed by atoms with E-state index in [1.807, 2.05) is 0 Å². The molecule has 0 aliphatic heterocycles. The van der Waals surface area contributed by atoms with E-state index in [1.165, 1.54) is 31.8 Å². The van der Waals surface area contributed by atoms with Crippen molar-refractivity contribution in [3.8, 4) is 0 Å². The molecule has 0 fully saturated rings. The van der Waals surface area contributed by atoms with Crippen molar-refractivity contribution in [2.24, 2.45) is 0 Å². The van der Waals surface area contributed by atoms with E-state index in [2.05, 4.69) is 196 Å². The maximum absolute atomic E-state index is 7.75. The molecule has 0 aliphatic rings. The molecule has 2 nitrogen and oxygen atoms in total. The fourth-order valence-corrected chi connectivity index (χ4v) is 9.78. The second kappa shape index (κ2) is 29.4. The molecule has 0 aliphatic carbocycles. The van der Waals surface area contributed by atoms with Crippen molar-refractivity contribution in [1.82, 2.24) is 0 Å². The number of hydrogen-bond acceptors (Lipinski definition) is 2. The fraction of sp³-hybridized carbons (Fsp3) is 0. The first-order chi connectivity index (χ1) is 20.9. The van der Waals surface area contributed by atoms with E-state index in [-0.39, 0.29) is 69.1 Å². The van der Waals surface area contributed by atoms with Crippen molar-refractivity contribution in [3.05, 3.63) is 182 Å². The molecule has 0 saturated heterocycles. The Hall–Kier alpha value is -2.70. The number of rotatable bonds is 6. The molecule has 0 atom stereocenters. The van der Waals surface area contributed by atoms with Gasteiger partial charge in [0.1, 0.15) is 31.8 Å². The van der Waals surface area contributed by atoms with Crippen molar-refractivity contribution >= 4 is 111 Å². The molecule has 0 saturated carbocycles. The van der Waals surface area contributed by atoms with Gasteiger partial charge in [-0.05, 0) is 72.8 Å². The van der Waals surface area contributed by atoms with Gasteiger partial charge in [-0.15, -0.1) is 49.6 Å². The van der Waals surface area contributed by atoms with Crippen LogP contribution in [0.15, 0.2) is 182 Å². The molecule has 0 aromatic heterocycles. The van der Waals surface area contributed by atoms with Crippen LogP contribution in [0.5, 0.6) is 0 Å². The van der Waals surface area contributed by atoms with Crippen molar-refractivity contribution in [3.63, 3.8) is 0 Å². The maximum Gasteiger partial charge on any atom is 2.00 e. The molecule has 0 spiro atoms. The summed E-state index contributed by atoms with van der Waals surface area (Å²) in [5.41, 5.74) is 0. The van der Waals surface area contributed by atoms with E-state index in [0.29, 0.717) is 0 Å². The van der Waals surface area contributed by atoms with Gasteiger partial charge in [-0.2, -0.15) is 0 Å². The first-order valence-corrected chi connectivity index (χ1v) is 16.4. The van der Waals surface area contributed by atoms with E-state index in [0.717, 1.165) is 0 Å². The number of carbonyl (C=O) groups excluding carboxylic acids is 2. The SMILES string of the molecule is Cl.Cl.Cl.Cl.[CH-]=O.[CH-]=O.[Ru+2].c1ccc([PH+](c2ccccc2)c2ccccc2)cc1.c1ccc([PH+](c2ccccc2)c2ccccc2)cc1. The Morgan fingerprint density at radius 2 is 0.362 bits per heavy atom. The molecule has 0 N–H and O–H groups in total. The van der Waals surface area contributed by atoms with Crippen LogP contribution in [0.1, 0.15) is 0 Å². The maximum atomic E-state index is 7.75. The summed E-state index contributed by atoms with van der Waals surface area (Å²) in [5, 5.41) is 8.61. The zero-order chi connectivity index (χ0) is 29.8. The zero-order valence-electron chi connectivity index (χ0n) is 25.3. The Morgan fingerprint density at radius 3 is 0.468 bits per heavy atom. The Kier molecular flexibility index (Phi) is 30.5. The average molecular weight is 832 g/mol. The summed E-state index contributed by atoms with van der Waals surface area (Å²) in [7, 11) is -1.75. The van der Waals surface area contributed by atoms with Crippen LogP contribution in [0.3, 0.4) is 0 Å². The predicted octanol–water partition coefficient (Wildman–Crippen LogP) is 7.49. The number of halogens is 4. The van der Waals surface area contributed by atoms with Gasteiger partial charge in [0.2, 0.25) is 0 Å². The summed E-state index contributed by atoms with van der Waals surface area (Å²) in [6, 6.07) is 65.0. The Labute approximate surface area is 319 Å². The molecule has 6 aromatic carbocycles. The van der Waals surface area contributed by atoms with E-state index in [9.17, 15) is 0 Å². The monoisotopic (exact) mass is 830 g/mol. The summed E-state index contributed by atoms with van der Waals surface area (Å²) in [6.07, 6.45) is 0. The minimum Gasteiger partial charge on any atom is -0.545 e. The summed E-state index contributed by atoms with van der Waals surface area (Å²) in [4.78, 5) is 15.5. The van der Waals surface area contributed by atoms with Crippen LogP contribution < -0.4 is 31.8 Å². The van der Waals surface area contributed by atoms with Gasteiger partial charge in [0.05, 0.1) is 15.8 Å². The third kappa shape index (κ3) is 15.4. The molecule has 0 bridgehead atoms. The molecular formula is C38H38Cl4O2P2Ru+2. The summed E-state index contributed by atoms with van der Waals surface area (Å²) >= 11 is 0. The minimum atomic E-state index is -0.877. The molecule has 0 radical (unpaired) electrons. The minimum absolute atomic E-state index is 0. The van der Waals surface area contributed by atoms with Crippen molar-refractivity contribution in [1.29, 1.82) is 0 Å². The van der Waals surface area contributed by atoms with Gasteiger partial charge in [-0.3, -0.25) is 13.6 Å². The Morgan fingerprint density at radius 1 is 0.255 bits per heavy atom. The van der Waals surface area contributed by atoms with Crippen LogP contribution in [0, 0.1) is 0 Å². The van der Waals surface area contributed by atoms with E-state index in [1.54, 1.807) is 0 Å². The van der Waals surface area contributed by atoms with Gasteiger partial charge in [0.15, 0.2) is 0 Å². The first-order valence-electron chi connectivity index (χ1n) is 13.4. The average Bonchev–Trinajstić information content (AvgIpc) is 3.10. The van der Waals surface area contributed by atoms with Crippen LogP contribution in [0.25, 0.3) is 0 Å². The predicted molar refractivity (Wildman–Crippen MR) is 216 cm³/mol. The smallest absolute Gasteiger partial charge is 0.545 e. The normalized spacial score (nSPS) is 8.72. The fourth-order valence-electron chi connectivity index (χ4n) is 4.63. The number of benzene rings is 6. The molecule has 246 valence electrons. The zero-order valence-corrected chi connectivity index (χ0v) is 32.3. The third-order valence-corrected chi connectivity index (χ3v) is 11.8. The quantitative estimate of drug-likeness (QED) is 0.0756. The first kappa shape index (κ1) is 48.7. The Bertz CT molecular complexity index is 1240. The standard InChI is InChI=1S/2C18H15P.2CHO.4ClH.Ru/c2*1-4-10-16(11-5-1)19(17-12-6-2-7-13-17)18-14-8-3-9-15-18;2*1-2;;;;;/h2*1-15H;2*1H;4*1H;/q;;2*-1;;;;;+2/p+2. The summed E-state index contributed by atoms with van der Waals surface area (Å²) in [6.45, 7) is 6.50. The van der Waals surface area contributed by atoms with Gasteiger partial charge in [-0.1, -0.05) is 109 Å². The van der Waals surface area contributed by atoms with E-state index in [4.69, 9.17) is 9.59 Å². The second-order valence-corrected chi connectivity index (χ2v) is 13.9. The van der Waals surface area contributed by atoms with Crippen LogP contribution in [-0.2, 0) is 29.1 Å². The summed E-state index contributed by atoms with van der Waals surface area (Å²) in [5.74, 6) is 0. The topological polar surface area (TPSA) is 34.1 Å². The molecular weight excluding hydrogens is 793 g/mol. The molecule has 6 aromatic rings. The van der Waals surface area contributed by atoms with Gasteiger partial charge in [0.25, 0.3) is 0 Å². The van der Waals surface area contributed by atoms with Crippen LogP contribution in [-0.4, -0.2) is 13.6 Å². The van der Waals surface area contributed by atoms with Crippen molar-refractivity contribution < 1.29 is 29.1 Å². The van der Waals surface area contributed by atoms with Gasteiger partial charge >= 0.3 is 19.5 Å². The van der Waals surface area contributed by atoms with Crippen LogP contribution in [0.4, 0.5) is 0 Å². The molecule has 47 heavy (non-hydrogen) atoms. The van der Waals surface area contributed by atoms with Crippen molar-refractivity contribution in [2.45, 2.75) is 0 Å². The largest absolute Gasteiger partial charge is 2.00 e. The Balaban J connectivity index is -0.000000680.